The molecule has 0 N–H and O–H groups in total. The molecule has 0 heterocycles. The van der Waals surface area contributed by atoms with Crippen molar-refractivity contribution in [2.75, 3.05) is 0 Å². The first-order chi connectivity index (χ1) is 15.1. The standard InChI is InChI=1S/C31H24/c1-31(2)29-19-25(21-8-4-3-5-9-21)14-16-27(29)28-17-15-26(20-30(28)31)24-13-12-22-10-6-7-11-23(22)18-24/h3-20H,1-2H3. The van der Waals surface area contributed by atoms with Crippen LogP contribution in [-0.4, -0.2) is 0 Å². The van der Waals surface area contributed by atoms with Gasteiger partial charge < -0.3 is 0 Å². The Kier molecular flexibility index (Phi) is 3.91. The van der Waals surface area contributed by atoms with E-state index in [-0.39, 0.29) is 5.41 Å². The van der Waals surface area contributed by atoms with Crippen LogP contribution < -0.4 is 0 Å². The molecule has 0 aliphatic heterocycles. The molecule has 1 aliphatic rings. The van der Waals surface area contributed by atoms with Gasteiger partial charge in [0.2, 0.25) is 0 Å². The third-order valence-corrected chi connectivity index (χ3v) is 6.87. The zero-order chi connectivity index (χ0) is 21.0. The van der Waals surface area contributed by atoms with Crippen molar-refractivity contribution in [1.82, 2.24) is 0 Å². The lowest BCUT2D eigenvalue weighted by Gasteiger charge is -2.22. The summed E-state index contributed by atoms with van der Waals surface area (Å²) in [6.45, 7) is 4.72. The van der Waals surface area contributed by atoms with Crippen molar-refractivity contribution >= 4 is 10.8 Å². The molecule has 0 unspecified atom stereocenters. The lowest BCUT2D eigenvalue weighted by atomic mass is 9.81. The Labute approximate surface area is 183 Å². The second kappa shape index (κ2) is 6.68. The van der Waals surface area contributed by atoms with E-state index in [1.807, 2.05) is 0 Å². The summed E-state index contributed by atoms with van der Waals surface area (Å²) in [5.74, 6) is 0. The fraction of sp³-hybridized carbons (Fsp3) is 0.0968. The van der Waals surface area contributed by atoms with E-state index >= 15 is 0 Å². The molecule has 0 aromatic heterocycles. The van der Waals surface area contributed by atoms with Gasteiger partial charge in [-0.25, -0.2) is 0 Å². The fourth-order valence-electron chi connectivity index (χ4n) is 5.10. The smallest absolute Gasteiger partial charge is 0.0159 e. The summed E-state index contributed by atoms with van der Waals surface area (Å²) >= 11 is 0. The third kappa shape index (κ3) is 2.83. The van der Waals surface area contributed by atoms with Crippen LogP contribution in [0.25, 0.3) is 44.2 Å². The topological polar surface area (TPSA) is 0 Å². The molecule has 6 rings (SSSR count). The number of benzene rings is 5. The second-order valence-electron chi connectivity index (χ2n) is 9.07. The molecular weight excluding hydrogens is 372 g/mol. The van der Waals surface area contributed by atoms with Gasteiger partial charge in [0.15, 0.2) is 0 Å². The summed E-state index contributed by atoms with van der Waals surface area (Å²) in [6, 6.07) is 40.0. The maximum Gasteiger partial charge on any atom is 0.0159 e. The molecule has 0 radical (unpaired) electrons. The minimum atomic E-state index is -0.0255. The van der Waals surface area contributed by atoms with E-state index < -0.39 is 0 Å². The van der Waals surface area contributed by atoms with E-state index in [0.29, 0.717) is 0 Å². The number of rotatable bonds is 2. The molecule has 0 fully saturated rings. The highest BCUT2D eigenvalue weighted by atomic mass is 14.4. The van der Waals surface area contributed by atoms with Crippen LogP contribution in [-0.2, 0) is 5.41 Å². The minimum Gasteiger partial charge on any atom is -0.0622 e. The van der Waals surface area contributed by atoms with Crippen molar-refractivity contribution in [3.63, 3.8) is 0 Å². The van der Waals surface area contributed by atoms with Crippen LogP contribution in [0.15, 0.2) is 109 Å². The molecule has 5 aromatic carbocycles. The Morgan fingerprint density at radius 3 is 1.61 bits per heavy atom. The summed E-state index contributed by atoms with van der Waals surface area (Å²) in [5, 5.41) is 2.57. The van der Waals surface area contributed by atoms with E-state index in [1.165, 1.54) is 55.3 Å². The Morgan fingerprint density at radius 1 is 0.419 bits per heavy atom. The highest BCUT2D eigenvalue weighted by Crippen LogP contribution is 2.50. The quantitative estimate of drug-likeness (QED) is 0.281. The summed E-state index contributed by atoms with van der Waals surface area (Å²) in [4.78, 5) is 0. The van der Waals surface area contributed by atoms with Crippen LogP contribution in [0.3, 0.4) is 0 Å². The van der Waals surface area contributed by atoms with Gasteiger partial charge in [-0.05, 0) is 73.5 Å². The van der Waals surface area contributed by atoms with Gasteiger partial charge in [-0.3, -0.25) is 0 Å². The van der Waals surface area contributed by atoms with Crippen molar-refractivity contribution in [3.05, 3.63) is 120 Å². The number of hydrogen-bond donors (Lipinski definition) is 0. The van der Waals surface area contributed by atoms with Crippen LogP contribution in [0.4, 0.5) is 0 Å². The van der Waals surface area contributed by atoms with Crippen LogP contribution in [0.2, 0.25) is 0 Å². The van der Waals surface area contributed by atoms with Crippen LogP contribution in [0.5, 0.6) is 0 Å². The molecule has 1 aliphatic carbocycles. The maximum atomic E-state index is 2.40. The Bertz CT molecular complexity index is 1440. The molecule has 0 amide bonds. The van der Waals surface area contributed by atoms with Gasteiger partial charge in [-0.15, -0.1) is 0 Å². The SMILES string of the molecule is CC1(C)c2cc(-c3ccccc3)ccc2-c2ccc(-c3ccc4ccccc4c3)cc21. The zero-order valence-electron chi connectivity index (χ0n) is 17.9. The molecule has 0 saturated heterocycles. The average Bonchev–Trinajstić information content (AvgIpc) is 3.05. The van der Waals surface area contributed by atoms with Crippen molar-refractivity contribution < 1.29 is 0 Å². The van der Waals surface area contributed by atoms with Crippen LogP contribution in [0, 0.1) is 0 Å². The summed E-state index contributed by atoms with van der Waals surface area (Å²) < 4.78 is 0. The van der Waals surface area contributed by atoms with E-state index in [9.17, 15) is 0 Å². The molecule has 0 saturated carbocycles. The molecule has 0 heteroatoms. The molecule has 148 valence electrons. The fourth-order valence-corrected chi connectivity index (χ4v) is 5.10. The number of hydrogen-bond acceptors (Lipinski definition) is 0. The van der Waals surface area contributed by atoms with Crippen molar-refractivity contribution in [1.29, 1.82) is 0 Å². The van der Waals surface area contributed by atoms with Gasteiger partial charge in [0.1, 0.15) is 0 Å². The average molecular weight is 397 g/mol. The second-order valence-corrected chi connectivity index (χ2v) is 9.07. The van der Waals surface area contributed by atoms with Crippen molar-refractivity contribution in [3.8, 4) is 33.4 Å². The maximum absolute atomic E-state index is 2.40. The molecule has 31 heavy (non-hydrogen) atoms. The minimum absolute atomic E-state index is 0.0255. The summed E-state index contributed by atoms with van der Waals surface area (Å²) in [7, 11) is 0. The Balaban J connectivity index is 1.47. The normalized spacial score (nSPS) is 13.7. The molecule has 5 aromatic rings. The van der Waals surface area contributed by atoms with Crippen molar-refractivity contribution in [2.45, 2.75) is 19.3 Å². The largest absolute Gasteiger partial charge is 0.0622 e. The van der Waals surface area contributed by atoms with Gasteiger partial charge >= 0.3 is 0 Å². The summed E-state index contributed by atoms with van der Waals surface area (Å²) in [5.41, 5.74) is 10.7. The van der Waals surface area contributed by atoms with Crippen LogP contribution in [0.1, 0.15) is 25.0 Å². The Hall–Kier alpha value is -3.64. The Morgan fingerprint density at radius 2 is 0.935 bits per heavy atom. The van der Waals surface area contributed by atoms with E-state index in [2.05, 4.69) is 123 Å². The highest BCUT2D eigenvalue weighted by Gasteiger charge is 2.35. The molecule has 0 atom stereocenters. The zero-order valence-corrected chi connectivity index (χ0v) is 17.9. The molecule has 0 bridgehead atoms. The van der Waals surface area contributed by atoms with Gasteiger partial charge in [-0.1, -0.05) is 105 Å². The number of fused-ring (bicyclic) bond motifs is 4. The molecule has 0 spiro atoms. The van der Waals surface area contributed by atoms with E-state index in [1.54, 1.807) is 0 Å². The highest BCUT2D eigenvalue weighted by molar-refractivity contribution is 5.89. The van der Waals surface area contributed by atoms with Gasteiger partial charge in [0.05, 0.1) is 0 Å². The predicted molar refractivity (Wildman–Crippen MR) is 132 cm³/mol. The van der Waals surface area contributed by atoms with Crippen molar-refractivity contribution in [2.24, 2.45) is 0 Å². The summed E-state index contributed by atoms with van der Waals surface area (Å²) in [6.07, 6.45) is 0. The third-order valence-electron chi connectivity index (χ3n) is 6.87. The van der Waals surface area contributed by atoms with Crippen LogP contribution >= 0.6 is 0 Å². The van der Waals surface area contributed by atoms with E-state index in [4.69, 9.17) is 0 Å². The first-order valence-corrected chi connectivity index (χ1v) is 11.0. The van der Waals surface area contributed by atoms with E-state index in [0.717, 1.165) is 0 Å². The molecule has 0 nitrogen and oxygen atoms in total. The predicted octanol–water partition coefficient (Wildman–Crippen LogP) is 8.48. The van der Waals surface area contributed by atoms with Gasteiger partial charge in [-0.2, -0.15) is 0 Å². The lowest BCUT2D eigenvalue weighted by molar-refractivity contribution is 0.661. The first-order valence-electron chi connectivity index (χ1n) is 11.0. The monoisotopic (exact) mass is 396 g/mol. The lowest BCUT2D eigenvalue weighted by Crippen LogP contribution is -2.15. The molecular formula is C31H24. The van der Waals surface area contributed by atoms with Gasteiger partial charge in [0, 0.05) is 5.41 Å². The van der Waals surface area contributed by atoms with Gasteiger partial charge in [0.25, 0.3) is 0 Å². The first kappa shape index (κ1) is 18.2.